The Bertz CT molecular complexity index is 416. The molecular weight excluding hydrogens is 242 g/mol. The molecule has 106 valence electrons. The molecule has 0 heterocycles. The minimum absolute atomic E-state index is 0.110. The predicted molar refractivity (Wildman–Crippen MR) is 75.2 cm³/mol. The molecule has 4 nitrogen and oxygen atoms in total. The number of aliphatic hydroxyl groups is 1. The van der Waals surface area contributed by atoms with Gasteiger partial charge in [0.15, 0.2) is 0 Å². The van der Waals surface area contributed by atoms with Gasteiger partial charge >= 0.3 is 0 Å². The highest BCUT2D eigenvalue weighted by Crippen LogP contribution is 2.12. The van der Waals surface area contributed by atoms with Gasteiger partial charge in [-0.2, -0.15) is 0 Å². The largest absolute Gasteiger partial charge is 0.493 e. The Morgan fingerprint density at radius 3 is 2.84 bits per heavy atom. The lowest BCUT2D eigenvalue weighted by molar-refractivity contribution is -0.122. The molecule has 2 N–H and O–H groups in total. The Hall–Kier alpha value is -1.55. The maximum absolute atomic E-state index is 11.6. The summed E-state index contributed by atoms with van der Waals surface area (Å²) in [7, 11) is 0. The molecule has 0 aliphatic rings. The van der Waals surface area contributed by atoms with Crippen LogP contribution >= 0.6 is 0 Å². The molecule has 4 heteroatoms. The second kappa shape index (κ2) is 7.14. The highest BCUT2D eigenvalue weighted by Gasteiger charge is 2.18. The van der Waals surface area contributed by atoms with E-state index >= 15 is 0 Å². The first-order valence-corrected chi connectivity index (χ1v) is 6.61. The van der Waals surface area contributed by atoms with Crippen molar-refractivity contribution in [1.29, 1.82) is 0 Å². The molecular formula is C15H23NO3. The topological polar surface area (TPSA) is 58.6 Å². The summed E-state index contributed by atoms with van der Waals surface area (Å²) < 4.78 is 5.49. The monoisotopic (exact) mass is 265 g/mol. The van der Waals surface area contributed by atoms with Gasteiger partial charge < -0.3 is 15.2 Å². The summed E-state index contributed by atoms with van der Waals surface area (Å²) in [6, 6.07) is 7.71. The molecule has 1 amide bonds. The number of rotatable bonds is 7. The average Bonchev–Trinajstić information content (AvgIpc) is 2.37. The maximum Gasteiger partial charge on any atom is 0.223 e. The number of amides is 1. The molecule has 1 aromatic carbocycles. The van der Waals surface area contributed by atoms with Crippen molar-refractivity contribution in [3.8, 4) is 5.75 Å². The standard InChI is InChI=1S/C15H23NO3/c1-4-15(3,18)11-16-14(17)8-9-19-13-7-5-6-12(2)10-13/h5-7,10,18H,4,8-9,11H2,1-3H3,(H,16,17). The van der Waals surface area contributed by atoms with Crippen LogP contribution in [-0.4, -0.2) is 29.8 Å². The minimum Gasteiger partial charge on any atom is -0.493 e. The van der Waals surface area contributed by atoms with E-state index in [-0.39, 0.29) is 18.9 Å². The predicted octanol–water partition coefficient (Wildman–Crippen LogP) is 2.04. The molecule has 0 bridgehead atoms. The van der Waals surface area contributed by atoms with Crippen LogP contribution in [0.2, 0.25) is 0 Å². The van der Waals surface area contributed by atoms with E-state index in [2.05, 4.69) is 5.32 Å². The van der Waals surface area contributed by atoms with E-state index in [1.807, 2.05) is 38.1 Å². The SMILES string of the molecule is CCC(C)(O)CNC(=O)CCOc1cccc(C)c1. The van der Waals surface area contributed by atoms with E-state index in [9.17, 15) is 9.90 Å². The molecule has 0 aromatic heterocycles. The molecule has 0 aliphatic heterocycles. The van der Waals surface area contributed by atoms with Gasteiger partial charge in [-0.3, -0.25) is 4.79 Å². The van der Waals surface area contributed by atoms with Gasteiger partial charge in [0, 0.05) is 6.54 Å². The summed E-state index contributed by atoms with van der Waals surface area (Å²) in [4.78, 5) is 11.6. The minimum atomic E-state index is -0.840. The van der Waals surface area contributed by atoms with Gasteiger partial charge in [0.1, 0.15) is 5.75 Å². The maximum atomic E-state index is 11.6. The second-order valence-electron chi connectivity index (χ2n) is 5.04. The van der Waals surface area contributed by atoms with Crippen LogP contribution in [0.5, 0.6) is 5.75 Å². The Morgan fingerprint density at radius 2 is 2.21 bits per heavy atom. The number of ether oxygens (including phenoxy) is 1. The van der Waals surface area contributed by atoms with Crippen LogP contribution in [0.3, 0.4) is 0 Å². The Balaban J connectivity index is 2.24. The number of aryl methyl sites for hydroxylation is 1. The van der Waals surface area contributed by atoms with Crippen LogP contribution in [0.25, 0.3) is 0 Å². The number of hydrogen-bond acceptors (Lipinski definition) is 3. The smallest absolute Gasteiger partial charge is 0.223 e. The number of carbonyl (C=O) groups excluding carboxylic acids is 1. The van der Waals surface area contributed by atoms with Crippen molar-refractivity contribution >= 4 is 5.91 Å². The Kier molecular flexibility index (Phi) is 5.83. The van der Waals surface area contributed by atoms with Crippen molar-refractivity contribution in [2.75, 3.05) is 13.2 Å². The van der Waals surface area contributed by atoms with E-state index in [1.165, 1.54) is 0 Å². The zero-order valence-electron chi connectivity index (χ0n) is 11.9. The van der Waals surface area contributed by atoms with Crippen LogP contribution in [0.1, 0.15) is 32.3 Å². The third kappa shape index (κ3) is 6.25. The van der Waals surface area contributed by atoms with Crippen molar-refractivity contribution in [2.24, 2.45) is 0 Å². The van der Waals surface area contributed by atoms with Crippen LogP contribution < -0.4 is 10.1 Å². The lowest BCUT2D eigenvalue weighted by atomic mass is 10.0. The summed E-state index contributed by atoms with van der Waals surface area (Å²) in [6.07, 6.45) is 0.890. The first kappa shape index (κ1) is 15.5. The van der Waals surface area contributed by atoms with E-state index in [0.29, 0.717) is 13.0 Å². The van der Waals surface area contributed by atoms with Crippen LogP contribution in [-0.2, 0) is 4.79 Å². The normalized spacial score (nSPS) is 13.7. The van der Waals surface area contributed by atoms with E-state index in [0.717, 1.165) is 11.3 Å². The number of nitrogens with one attached hydrogen (secondary N) is 1. The fourth-order valence-electron chi connectivity index (χ4n) is 1.47. The molecule has 0 saturated carbocycles. The molecule has 0 radical (unpaired) electrons. The molecule has 0 spiro atoms. The lowest BCUT2D eigenvalue weighted by Gasteiger charge is -2.21. The van der Waals surface area contributed by atoms with Gasteiger partial charge in [0.05, 0.1) is 18.6 Å². The first-order valence-electron chi connectivity index (χ1n) is 6.61. The van der Waals surface area contributed by atoms with Crippen LogP contribution in [0.15, 0.2) is 24.3 Å². The van der Waals surface area contributed by atoms with Gasteiger partial charge in [0.25, 0.3) is 0 Å². The van der Waals surface area contributed by atoms with Crippen LogP contribution in [0.4, 0.5) is 0 Å². The lowest BCUT2D eigenvalue weighted by Crippen LogP contribution is -2.40. The van der Waals surface area contributed by atoms with Gasteiger partial charge in [0.2, 0.25) is 5.91 Å². The van der Waals surface area contributed by atoms with Crippen molar-refractivity contribution < 1.29 is 14.6 Å². The van der Waals surface area contributed by atoms with E-state index in [4.69, 9.17) is 4.74 Å². The molecule has 0 saturated heterocycles. The third-order valence-corrected chi connectivity index (χ3v) is 3.02. The molecule has 19 heavy (non-hydrogen) atoms. The van der Waals surface area contributed by atoms with Crippen molar-refractivity contribution in [3.63, 3.8) is 0 Å². The quantitative estimate of drug-likeness (QED) is 0.793. The summed E-state index contributed by atoms with van der Waals surface area (Å²) in [6.45, 7) is 6.19. The second-order valence-corrected chi connectivity index (χ2v) is 5.04. The molecule has 0 fully saturated rings. The summed E-state index contributed by atoms with van der Waals surface area (Å²) in [5.41, 5.74) is 0.286. The highest BCUT2D eigenvalue weighted by molar-refractivity contribution is 5.76. The highest BCUT2D eigenvalue weighted by atomic mass is 16.5. The number of benzene rings is 1. The summed E-state index contributed by atoms with van der Waals surface area (Å²) >= 11 is 0. The molecule has 1 atom stereocenters. The average molecular weight is 265 g/mol. The summed E-state index contributed by atoms with van der Waals surface area (Å²) in [5.74, 6) is 0.662. The Labute approximate surface area is 114 Å². The van der Waals surface area contributed by atoms with Gasteiger partial charge in [-0.05, 0) is 38.0 Å². The van der Waals surface area contributed by atoms with Crippen molar-refractivity contribution in [1.82, 2.24) is 5.32 Å². The fourth-order valence-corrected chi connectivity index (χ4v) is 1.47. The molecule has 0 aliphatic carbocycles. The third-order valence-electron chi connectivity index (χ3n) is 3.02. The number of carbonyl (C=O) groups is 1. The first-order chi connectivity index (χ1) is 8.93. The molecule has 1 rings (SSSR count). The van der Waals surface area contributed by atoms with E-state index in [1.54, 1.807) is 6.92 Å². The van der Waals surface area contributed by atoms with Gasteiger partial charge in [-0.15, -0.1) is 0 Å². The van der Waals surface area contributed by atoms with Gasteiger partial charge in [-0.1, -0.05) is 19.1 Å². The molecule has 1 unspecified atom stereocenters. The van der Waals surface area contributed by atoms with E-state index < -0.39 is 5.60 Å². The zero-order chi connectivity index (χ0) is 14.3. The van der Waals surface area contributed by atoms with Crippen molar-refractivity contribution in [2.45, 2.75) is 39.2 Å². The summed E-state index contributed by atoms with van der Waals surface area (Å²) in [5, 5.41) is 12.5. The fraction of sp³-hybridized carbons (Fsp3) is 0.533. The van der Waals surface area contributed by atoms with Gasteiger partial charge in [-0.25, -0.2) is 0 Å². The Morgan fingerprint density at radius 1 is 1.47 bits per heavy atom. The number of hydrogen-bond donors (Lipinski definition) is 2. The van der Waals surface area contributed by atoms with Crippen LogP contribution in [0, 0.1) is 6.92 Å². The molecule has 1 aromatic rings. The van der Waals surface area contributed by atoms with Crippen molar-refractivity contribution in [3.05, 3.63) is 29.8 Å². The zero-order valence-corrected chi connectivity index (χ0v) is 11.9.